The van der Waals surface area contributed by atoms with Crippen LogP contribution in [0.3, 0.4) is 0 Å². The Morgan fingerprint density at radius 3 is 2.44 bits per heavy atom. The van der Waals surface area contributed by atoms with E-state index in [4.69, 9.17) is 0 Å². The van der Waals surface area contributed by atoms with Crippen molar-refractivity contribution in [1.29, 1.82) is 0 Å². The molecule has 25 heavy (non-hydrogen) atoms. The maximum Gasteiger partial charge on any atom is 0.246 e. The molecule has 8 heteroatoms. The summed E-state index contributed by atoms with van der Waals surface area (Å²) in [5.74, 6) is -2.17. The molecular formula is C17H24F2N2O3S. The maximum atomic E-state index is 13.8. The number of nitrogens with one attached hydrogen (secondary N) is 1. The zero-order valence-electron chi connectivity index (χ0n) is 14.7. The molecule has 0 saturated carbocycles. The van der Waals surface area contributed by atoms with Crippen LogP contribution in [0.2, 0.25) is 0 Å². The molecule has 1 saturated heterocycles. The second kappa shape index (κ2) is 7.37. The largest absolute Gasteiger partial charge is 0.351 e. The number of nitrogens with zero attached hydrogens (tertiary/aromatic N) is 1. The Morgan fingerprint density at radius 2 is 1.88 bits per heavy atom. The molecule has 5 nitrogen and oxygen atoms in total. The van der Waals surface area contributed by atoms with Crippen LogP contribution in [0.25, 0.3) is 0 Å². The first-order valence-corrected chi connectivity index (χ1v) is 9.78. The summed E-state index contributed by atoms with van der Waals surface area (Å²) in [6.45, 7) is 6.03. The van der Waals surface area contributed by atoms with Crippen LogP contribution in [-0.4, -0.2) is 37.3 Å². The molecule has 0 aromatic heterocycles. The Balaban J connectivity index is 2.06. The average molecular weight is 374 g/mol. The molecule has 1 N–H and O–H groups in total. The molecule has 1 aliphatic heterocycles. The van der Waals surface area contributed by atoms with E-state index in [-0.39, 0.29) is 30.5 Å². The lowest BCUT2D eigenvalue weighted by atomic mass is 9.94. The molecule has 0 atom stereocenters. The second-order valence-corrected chi connectivity index (χ2v) is 8.89. The highest BCUT2D eigenvalue weighted by Crippen LogP contribution is 2.26. The summed E-state index contributed by atoms with van der Waals surface area (Å²) in [6, 6.07) is 2.36. The van der Waals surface area contributed by atoms with Gasteiger partial charge in [-0.1, -0.05) is 6.92 Å². The predicted molar refractivity (Wildman–Crippen MR) is 90.4 cm³/mol. The molecular weight excluding hydrogens is 350 g/mol. The van der Waals surface area contributed by atoms with Gasteiger partial charge in [0, 0.05) is 24.5 Å². The van der Waals surface area contributed by atoms with E-state index in [1.165, 1.54) is 0 Å². The van der Waals surface area contributed by atoms with Crippen molar-refractivity contribution in [3.05, 3.63) is 29.8 Å². The Kier molecular flexibility index (Phi) is 5.83. The molecule has 0 unspecified atom stereocenters. The van der Waals surface area contributed by atoms with Gasteiger partial charge in [-0.05, 0) is 51.3 Å². The highest BCUT2D eigenvalue weighted by Gasteiger charge is 2.34. The Bertz CT molecular complexity index is 742. The van der Waals surface area contributed by atoms with E-state index in [1.54, 1.807) is 0 Å². The first kappa shape index (κ1) is 19.8. The smallest absolute Gasteiger partial charge is 0.246 e. The summed E-state index contributed by atoms with van der Waals surface area (Å²) >= 11 is 0. The van der Waals surface area contributed by atoms with E-state index in [0.717, 1.165) is 22.9 Å². The number of rotatable bonds is 5. The van der Waals surface area contributed by atoms with E-state index >= 15 is 0 Å². The number of carbonyl (C=O) groups is 1. The van der Waals surface area contributed by atoms with Crippen LogP contribution < -0.4 is 5.32 Å². The minimum Gasteiger partial charge on any atom is -0.351 e. The van der Waals surface area contributed by atoms with Crippen molar-refractivity contribution in [2.75, 3.05) is 13.1 Å². The van der Waals surface area contributed by atoms with Gasteiger partial charge < -0.3 is 5.32 Å². The fourth-order valence-electron chi connectivity index (χ4n) is 2.70. The van der Waals surface area contributed by atoms with Crippen molar-refractivity contribution < 1.29 is 22.0 Å². The average Bonchev–Trinajstić information content (AvgIpc) is 2.56. The van der Waals surface area contributed by atoms with E-state index in [2.05, 4.69) is 5.32 Å². The topological polar surface area (TPSA) is 66.5 Å². The fraction of sp³-hybridized carbons (Fsp3) is 0.588. The van der Waals surface area contributed by atoms with Crippen molar-refractivity contribution in [1.82, 2.24) is 9.62 Å². The van der Waals surface area contributed by atoms with E-state index in [1.807, 2.05) is 20.8 Å². The standard InChI is InChI=1S/C17H24F2N2O3S/c1-4-17(2,3)20-16(22)12-7-9-21(10-8-12)25(23,24)15-11-13(18)5-6-14(15)19/h5-6,11-12H,4,7-10H2,1-3H3,(H,20,22). The summed E-state index contributed by atoms with van der Waals surface area (Å²) in [6.07, 6.45) is 1.48. The summed E-state index contributed by atoms with van der Waals surface area (Å²) < 4.78 is 53.3. The first-order valence-electron chi connectivity index (χ1n) is 8.34. The van der Waals surface area contributed by atoms with Gasteiger partial charge in [-0.3, -0.25) is 4.79 Å². The van der Waals surface area contributed by atoms with Crippen molar-refractivity contribution in [2.45, 2.75) is 50.5 Å². The third-order valence-electron chi connectivity index (χ3n) is 4.68. The normalized spacial score (nSPS) is 17.5. The van der Waals surface area contributed by atoms with E-state index in [9.17, 15) is 22.0 Å². The van der Waals surface area contributed by atoms with Crippen LogP contribution in [0, 0.1) is 17.6 Å². The van der Waals surface area contributed by atoms with Crippen LogP contribution in [-0.2, 0) is 14.8 Å². The lowest BCUT2D eigenvalue weighted by molar-refractivity contribution is -0.127. The van der Waals surface area contributed by atoms with Gasteiger partial charge in [-0.2, -0.15) is 4.31 Å². The molecule has 1 amide bonds. The first-order chi connectivity index (χ1) is 11.6. The molecule has 0 aliphatic carbocycles. The third-order valence-corrected chi connectivity index (χ3v) is 6.59. The van der Waals surface area contributed by atoms with Crippen LogP contribution >= 0.6 is 0 Å². The monoisotopic (exact) mass is 374 g/mol. The lowest BCUT2D eigenvalue weighted by Gasteiger charge is -2.33. The molecule has 2 rings (SSSR count). The van der Waals surface area contributed by atoms with Gasteiger partial charge >= 0.3 is 0 Å². The van der Waals surface area contributed by atoms with Crippen LogP contribution in [0.15, 0.2) is 23.1 Å². The maximum absolute atomic E-state index is 13.8. The molecule has 0 radical (unpaired) electrons. The van der Waals surface area contributed by atoms with E-state index in [0.29, 0.717) is 18.9 Å². The van der Waals surface area contributed by atoms with Crippen LogP contribution in [0.4, 0.5) is 8.78 Å². The van der Waals surface area contributed by atoms with Gasteiger partial charge in [0.25, 0.3) is 0 Å². The second-order valence-electron chi connectivity index (χ2n) is 6.98. The summed E-state index contributed by atoms with van der Waals surface area (Å²) in [7, 11) is -4.12. The van der Waals surface area contributed by atoms with Crippen molar-refractivity contribution >= 4 is 15.9 Å². The molecule has 1 aliphatic rings. The van der Waals surface area contributed by atoms with Crippen molar-refractivity contribution in [3.63, 3.8) is 0 Å². The minimum absolute atomic E-state index is 0.0964. The predicted octanol–water partition coefficient (Wildman–Crippen LogP) is 2.67. The third kappa shape index (κ3) is 4.55. The molecule has 0 bridgehead atoms. The van der Waals surface area contributed by atoms with Crippen LogP contribution in [0.1, 0.15) is 40.0 Å². The summed E-state index contributed by atoms with van der Waals surface area (Å²) in [4.78, 5) is 11.6. The minimum atomic E-state index is -4.12. The Morgan fingerprint density at radius 1 is 1.28 bits per heavy atom. The number of sulfonamides is 1. The van der Waals surface area contributed by atoms with Gasteiger partial charge in [-0.25, -0.2) is 17.2 Å². The molecule has 1 fully saturated rings. The highest BCUT2D eigenvalue weighted by atomic mass is 32.2. The zero-order chi connectivity index (χ0) is 18.8. The van der Waals surface area contributed by atoms with Gasteiger partial charge in [-0.15, -0.1) is 0 Å². The molecule has 1 aromatic carbocycles. The number of carbonyl (C=O) groups excluding carboxylic acids is 1. The number of piperidine rings is 1. The highest BCUT2D eigenvalue weighted by molar-refractivity contribution is 7.89. The quantitative estimate of drug-likeness (QED) is 0.862. The molecule has 140 valence electrons. The number of benzene rings is 1. The van der Waals surface area contributed by atoms with Crippen molar-refractivity contribution in [3.8, 4) is 0 Å². The summed E-state index contributed by atoms with van der Waals surface area (Å²) in [5.41, 5.74) is -0.314. The van der Waals surface area contributed by atoms with Crippen molar-refractivity contribution in [2.24, 2.45) is 5.92 Å². The Labute approximate surface area is 147 Å². The van der Waals surface area contributed by atoms with Gasteiger partial charge in [0.1, 0.15) is 16.5 Å². The lowest BCUT2D eigenvalue weighted by Crippen LogP contribution is -2.49. The van der Waals surface area contributed by atoms with Gasteiger partial charge in [0.05, 0.1) is 0 Å². The molecule has 1 aromatic rings. The number of amides is 1. The van der Waals surface area contributed by atoms with Crippen LogP contribution in [0.5, 0.6) is 0 Å². The number of hydrogen-bond acceptors (Lipinski definition) is 3. The van der Waals surface area contributed by atoms with Gasteiger partial charge in [0.2, 0.25) is 15.9 Å². The van der Waals surface area contributed by atoms with Gasteiger partial charge in [0.15, 0.2) is 0 Å². The molecule has 0 spiro atoms. The SMILES string of the molecule is CCC(C)(C)NC(=O)C1CCN(S(=O)(=O)c2cc(F)ccc2F)CC1. The number of halogens is 2. The number of hydrogen-bond donors (Lipinski definition) is 1. The fourth-order valence-corrected chi connectivity index (χ4v) is 4.24. The van der Waals surface area contributed by atoms with E-state index < -0.39 is 26.6 Å². The molecule has 1 heterocycles. The zero-order valence-corrected chi connectivity index (χ0v) is 15.5. The Hall–Kier alpha value is -1.54. The summed E-state index contributed by atoms with van der Waals surface area (Å²) in [5, 5.41) is 2.96.